The molecule has 0 aromatic carbocycles. The molecule has 0 saturated carbocycles. The molecule has 8 heteroatoms. The van der Waals surface area contributed by atoms with Crippen molar-refractivity contribution in [2.45, 2.75) is 19.9 Å². The molecular formula is C15H22N6O2. The normalized spacial score (nSPS) is 19.1. The molecule has 0 spiro atoms. The van der Waals surface area contributed by atoms with Gasteiger partial charge in [0.15, 0.2) is 5.82 Å². The highest BCUT2D eigenvalue weighted by Gasteiger charge is 2.32. The number of aromatic nitrogens is 3. The lowest BCUT2D eigenvalue weighted by Crippen LogP contribution is -2.52. The fourth-order valence-corrected chi connectivity index (χ4v) is 2.94. The van der Waals surface area contributed by atoms with Crippen LogP contribution in [0.3, 0.4) is 0 Å². The van der Waals surface area contributed by atoms with E-state index < -0.39 is 0 Å². The average molecular weight is 318 g/mol. The number of nitrogens with zero attached hydrogens (tertiary/aromatic N) is 5. The maximum absolute atomic E-state index is 12.5. The van der Waals surface area contributed by atoms with Gasteiger partial charge in [0.2, 0.25) is 0 Å². The van der Waals surface area contributed by atoms with E-state index in [9.17, 15) is 4.79 Å². The van der Waals surface area contributed by atoms with Gasteiger partial charge in [-0.2, -0.15) is 0 Å². The van der Waals surface area contributed by atoms with Crippen LogP contribution in [-0.4, -0.2) is 56.7 Å². The van der Waals surface area contributed by atoms with Gasteiger partial charge in [0.1, 0.15) is 11.6 Å². The minimum atomic E-state index is -0.159. The van der Waals surface area contributed by atoms with Crippen molar-refractivity contribution in [3.05, 3.63) is 30.0 Å². The third-order valence-corrected chi connectivity index (χ3v) is 4.20. The van der Waals surface area contributed by atoms with Gasteiger partial charge in [-0.1, -0.05) is 12.1 Å². The van der Waals surface area contributed by atoms with Crippen molar-refractivity contribution in [1.82, 2.24) is 24.5 Å². The quantitative estimate of drug-likeness (QED) is 0.930. The smallest absolute Gasteiger partial charge is 0.323 e. The zero-order chi connectivity index (χ0) is 16.4. The van der Waals surface area contributed by atoms with E-state index in [1.54, 1.807) is 24.1 Å². The molecule has 2 aromatic heterocycles. The largest absolute Gasteiger partial charge is 0.360 e. The van der Waals surface area contributed by atoms with Crippen LogP contribution in [0.2, 0.25) is 0 Å². The molecular weight excluding hydrogens is 296 g/mol. The van der Waals surface area contributed by atoms with Gasteiger partial charge >= 0.3 is 6.03 Å². The predicted octanol–water partition coefficient (Wildman–Crippen LogP) is 1.63. The van der Waals surface area contributed by atoms with Gasteiger partial charge in [-0.3, -0.25) is 10.2 Å². The summed E-state index contributed by atoms with van der Waals surface area (Å²) >= 11 is 0. The highest BCUT2D eigenvalue weighted by atomic mass is 16.5. The third-order valence-electron chi connectivity index (χ3n) is 4.20. The number of hydrogen-bond donors (Lipinski definition) is 1. The minimum absolute atomic E-state index is 0.0959. The molecule has 3 heterocycles. The van der Waals surface area contributed by atoms with Crippen LogP contribution in [0.4, 0.5) is 10.6 Å². The van der Waals surface area contributed by atoms with Crippen LogP contribution in [0, 0.1) is 6.92 Å². The van der Waals surface area contributed by atoms with Crippen LogP contribution in [-0.2, 0) is 7.05 Å². The molecule has 8 nitrogen and oxygen atoms in total. The number of hydrogen-bond acceptors (Lipinski definition) is 5. The first-order chi connectivity index (χ1) is 11.1. The van der Waals surface area contributed by atoms with Crippen molar-refractivity contribution in [3.63, 3.8) is 0 Å². The van der Waals surface area contributed by atoms with Gasteiger partial charge in [0, 0.05) is 45.1 Å². The summed E-state index contributed by atoms with van der Waals surface area (Å²) in [6.45, 7) is 6.94. The number of carbonyl (C=O) groups excluding carboxylic acids is 1. The van der Waals surface area contributed by atoms with Gasteiger partial charge in [-0.05, 0) is 13.5 Å². The second-order valence-electron chi connectivity index (χ2n) is 5.74. The molecule has 1 aliphatic heterocycles. The van der Waals surface area contributed by atoms with Gasteiger partial charge in [-0.25, -0.2) is 9.78 Å². The van der Waals surface area contributed by atoms with Crippen LogP contribution < -0.4 is 5.32 Å². The zero-order valence-corrected chi connectivity index (χ0v) is 13.7. The summed E-state index contributed by atoms with van der Waals surface area (Å²) in [5, 5.41) is 6.59. The molecule has 1 aliphatic rings. The molecule has 1 atom stereocenters. The lowest BCUT2D eigenvalue weighted by molar-refractivity contribution is 0.0926. The van der Waals surface area contributed by atoms with E-state index in [0.717, 1.165) is 18.9 Å². The fourth-order valence-electron chi connectivity index (χ4n) is 2.94. The summed E-state index contributed by atoms with van der Waals surface area (Å²) in [4.78, 5) is 21.1. The van der Waals surface area contributed by atoms with Crippen molar-refractivity contribution >= 4 is 11.8 Å². The first-order valence-corrected chi connectivity index (χ1v) is 7.79. The van der Waals surface area contributed by atoms with E-state index in [1.807, 2.05) is 17.8 Å². The monoisotopic (exact) mass is 318 g/mol. The highest BCUT2D eigenvalue weighted by molar-refractivity contribution is 5.88. The molecule has 0 radical (unpaired) electrons. The number of likely N-dealkylation sites (N-methyl/N-ethyl adjacent to an activating group) is 1. The molecule has 0 bridgehead atoms. The van der Waals surface area contributed by atoms with Crippen LogP contribution in [0.25, 0.3) is 0 Å². The molecule has 124 valence electrons. The molecule has 0 aliphatic carbocycles. The van der Waals surface area contributed by atoms with Crippen molar-refractivity contribution in [1.29, 1.82) is 0 Å². The van der Waals surface area contributed by atoms with E-state index in [2.05, 4.69) is 27.3 Å². The Bertz CT molecular complexity index is 679. The molecule has 3 rings (SSSR count). The maximum atomic E-state index is 12.5. The summed E-state index contributed by atoms with van der Waals surface area (Å²) < 4.78 is 6.99. The van der Waals surface area contributed by atoms with Gasteiger partial charge in [0.05, 0.1) is 6.04 Å². The SMILES string of the molecule is CCN1CCN(C(=O)Nc2cc(C)on2)C[C@@H]1c1nccn1C. The molecule has 1 N–H and O–H groups in total. The van der Waals surface area contributed by atoms with Crippen molar-refractivity contribution in [2.24, 2.45) is 7.05 Å². The number of nitrogens with one attached hydrogen (secondary N) is 1. The van der Waals surface area contributed by atoms with Crippen molar-refractivity contribution in [2.75, 3.05) is 31.5 Å². The number of carbonyl (C=O) groups is 1. The summed E-state index contributed by atoms with van der Waals surface area (Å²) in [5.41, 5.74) is 0. The summed E-state index contributed by atoms with van der Waals surface area (Å²) in [7, 11) is 1.98. The van der Waals surface area contributed by atoms with Crippen LogP contribution in [0.15, 0.2) is 23.0 Å². The number of imidazole rings is 1. The van der Waals surface area contributed by atoms with E-state index in [4.69, 9.17) is 4.52 Å². The third kappa shape index (κ3) is 3.21. The number of piperazine rings is 1. The topological polar surface area (TPSA) is 79.4 Å². The molecule has 1 saturated heterocycles. The predicted molar refractivity (Wildman–Crippen MR) is 85.0 cm³/mol. The number of amides is 2. The van der Waals surface area contributed by atoms with E-state index in [0.29, 0.717) is 24.7 Å². The number of aryl methyl sites for hydroxylation is 2. The second-order valence-corrected chi connectivity index (χ2v) is 5.74. The minimum Gasteiger partial charge on any atom is -0.360 e. The Morgan fingerprint density at radius 2 is 2.30 bits per heavy atom. The first kappa shape index (κ1) is 15.5. The molecule has 0 unspecified atom stereocenters. The fraction of sp³-hybridized carbons (Fsp3) is 0.533. The highest BCUT2D eigenvalue weighted by Crippen LogP contribution is 2.24. The molecule has 1 fully saturated rings. The van der Waals surface area contributed by atoms with E-state index >= 15 is 0 Å². The Morgan fingerprint density at radius 3 is 2.91 bits per heavy atom. The Kier molecular flexibility index (Phi) is 4.33. The van der Waals surface area contributed by atoms with Crippen LogP contribution >= 0.6 is 0 Å². The van der Waals surface area contributed by atoms with Gasteiger partial charge < -0.3 is 14.0 Å². The number of urea groups is 1. The summed E-state index contributed by atoms with van der Waals surface area (Å²) in [6.07, 6.45) is 3.72. The van der Waals surface area contributed by atoms with Crippen molar-refractivity contribution < 1.29 is 9.32 Å². The lowest BCUT2D eigenvalue weighted by atomic mass is 10.1. The van der Waals surface area contributed by atoms with Gasteiger partial charge in [0.25, 0.3) is 0 Å². The Balaban J connectivity index is 1.72. The number of rotatable bonds is 3. The Hall–Kier alpha value is -2.35. The average Bonchev–Trinajstić information content (AvgIpc) is 3.15. The van der Waals surface area contributed by atoms with E-state index in [1.165, 1.54) is 0 Å². The number of anilines is 1. The standard InChI is InChI=1S/C15H22N6O2/c1-4-20-7-8-21(10-12(20)14-16-5-6-19(14)3)15(22)17-13-9-11(2)23-18-13/h5-6,9,12H,4,7-8,10H2,1-3H3,(H,17,18,22)/t12-/m1/s1. The van der Waals surface area contributed by atoms with Crippen molar-refractivity contribution in [3.8, 4) is 0 Å². The van der Waals surface area contributed by atoms with Gasteiger partial charge in [-0.15, -0.1) is 0 Å². The summed E-state index contributed by atoms with van der Waals surface area (Å²) in [5.74, 6) is 2.09. The molecule has 23 heavy (non-hydrogen) atoms. The second kappa shape index (κ2) is 6.41. The maximum Gasteiger partial charge on any atom is 0.323 e. The lowest BCUT2D eigenvalue weighted by Gasteiger charge is -2.40. The van der Waals surface area contributed by atoms with E-state index in [-0.39, 0.29) is 12.1 Å². The molecule has 2 amide bonds. The first-order valence-electron chi connectivity index (χ1n) is 7.79. The Morgan fingerprint density at radius 1 is 1.48 bits per heavy atom. The Labute approximate surface area is 135 Å². The zero-order valence-electron chi connectivity index (χ0n) is 13.7. The molecule has 2 aromatic rings. The van der Waals surface area contributed by atoms with Crippen LogP contribution in [0.1, 0.15) is 24.6 Å². The summed E-state index contributed by atoms with van der Waals surface area (Å²) in [6, 6.07) is 1.64. The van der Waals surface area contributed by atoms with Crippen LogP contribution in [0.5, 0.6) is 0 Å².